The van der Waals surface area contributed by atoms with Crippen molar-refractivity contribution in [2.45, 2.75) is 19.4 Å². The van der Waals surface area contributed by atoms with Crippen LogP contribution in [0.2, 0.25) is 0 Å². The molecule has 0 radical (unpaired) electrons. The van der Waals surface area contributed by atoms with Crippen LogP contribution < -0.4 is 0 Å². The number of nitrogens with zero attached hydrogens (tertiary/aromatic N) is 1. The first-order valence-electron chi connectivity index (χ1n) is 8.62. The number of carbonyl (C=O) groups excluding carboxylic acids is 1. The molecule has 0 saturated carbocycles. The number of aryl methyl sites for hydroxylation is 1. The number of hydrogen-bond acceptors (Lipinski definition) is 5. The van der Waals surface area contributed by atoms with Crippen molar-refractivity contribution in [1.29, 1.82) is 0 Å². The number of halogens is 2. The number of ether oxygens (including phenoxy) is 1. The third-order valence-electron chi connectivity index (χ3n) is 4.15. The van der Waals surface area contributed by atoms with E-state index in [4.69, 9.17) is 13.6 Å². The molecule has 7 heteroatoms. The van der Waals surface area contributed by atoms with Gasteiger partial charge in [-0.25, -0.2) is 13.8 Å². The molecular weight excluding hydrogens is 368 g/mol. The van der Waals surface area contributed by atoms with Crippen LogP contribution in [0.5, 0.6) is 0 Å². The second kappa shape index (κ2) is 7.64. The fourth-order valence-corrected chi connectivity index (χ4v) is 2.78. The van der Waals surface area contributed by atoms with Crippen molar-refractivity contribution < 1.29 is 27.1 Å². The number of aromatic nitrogens is 1. The van der Waals surface area contributed by atoms with E-state index in [2.05, 4.69) is 4.98 Å². The lowest BCUT2D eigenvalue weighted by molar-refractivity contribution is -0.145. The van der Waals surface area contributed by atoms with Gasteiger partial charge in [-0.3, -0.25) is 4.79 Å². The first-order valence-corrected chi connectivity index (χ1v) is 8.62. The largest absolute Gasteiger partial charge is 0.457 e. The number of para-hydroxylation sites is 1. The van der Waals surface area contributed by atoms with Crippen LogP contribution in [-0.4, -0.2) is 11.0 Å². The van der Waals surface area contributed by atoms with Gasteiger partial charge < -0.3 is 13.6 Å². The van der Waals surface area contributed by atoms with Crippen molar-refractivity contribution in [3.05, 3.63) is 78.0 Å². The second-order valence-corrected chi connectivity index (χ2v) is 6.15. The Morgan fingerprint density at radius 2 is 1.93 bits per heavy atom. The fourth-order valence-electron chi connectivity index (χ4n) is 2.78. The highest BCUT2D eigenvalue weighted by Crippen LogP contribution is 2.25. The molecule has 142 valence electrons. The van der Waals surface area contributed by atoms with E-state index in [1.807, 2.05) is 30.3 Å². The van der Waals surface area contributed by atoms with E-state index in [0.717, 1.165) is 23.1 Å². The van der Waals surface area contributed by atoms with Gasteiger partial charge in [0.1, 0.15) is 29.6 Å². The highest BCUT2D eigenvalue weighted by molar-refractivity contribution is 5.77. The van der Waals surface area contributed by atoms with E-state index in [0.29, 0.717) is 5.76 Å². The van der Waals surface area contributed by atoms with Gasteiger partial charge in [0.15, 0.2) is 11.7 Å². The summed E-state index contributed by atoms with van der Waals surface area (Å²) in [7, 11) is 0. The molecule has 0 unspecified atom stereocenters. The number of benzene rings is 2. The Morgan fingerprint density at radius 1 is 1.07 bits per heavy atom. The minimum atomic E-state index is -0.743. The lowest BCUT2D eigenvalue weighted by Gasteiger charge is -2.01. The van der Waals surface area contributed by atoms with E-state index in [1.165, 1.54) is 12.3 Å². The molecule has 0 aliphatic rings. The molecular formula is C21H15F2NO4. The summed E-state index contributed by atoms with van der Waals surface area (Å²) in [5.74, 6) is -0.864. The summed E-state index contributed by atoms with van der Waals surface area (Å²) >= 11 is 0. The second-order valence-electron chi connectivity index (χ2n) is 6.15. The SMILES string of the molecule is O=C(CCc1ncc(-c2ccc(F)cc2F)o1)OCc1cc2ccccc2o1. The predicted octanol–water partition coefficient (Wildman–Crippen LogP) is 5.04. The zero-order valence-electron chi connectivity index (χ0n) is 14.7. The summed E-state index contributed by atoms with van der Waals surface area (Å²) in [6, 6.07) is 12.5. The first-order chi connectivity index (χ1) is 13.6. The van der Waals surface area contributed by atoms with Crippen LogP contribution in [0.15, 0.2) is 63.6 Å². The molecule has 4 aromatic rings. The summed E-state index contributed by atoms with van der Waals surface area (Å²) < 4.78 is 43.0. The molecule has 2 aromatic carbocycles. The van der Waals surface area contributed by atoms with Gasteiger partial charge in [0.25, 0.3) is 0 Å². The summed E-state index contributed by atoms with van der Waals surface area (Å²) in [5, 5.41) is 0.939. The van der Waals surface area contributed by atoms with Crippen molar-refractivity contribution in [2.24, 2.45) is 0 Å². The van der Waals surface area contributed by atoms with Crippen molar-refractivity contribution >= 4 is 16.9 Å². The zero-order valence-corrected chi connectivity index (χ0v) is 14.7. The van der Waals surface area contributed by atoms with E-state index >= 15 is 0 Å². The number of oxazole rings is 1. The normalized spacial score (nSPS) is 11.1. The summed E-state index contributed by atoms with van der Waals surface area (Å²) in [5.41, 5.74) is 0.835. The van der Waals surface area contributed by atoms with Crippen molar-refractivity contribution in [2.75, 3.05) is 0 Å². The molecule has 0 saturated heterocycles. The van der Waals surface area contributed by atoms with Crippen LogP contribution in [0.1, 0.15) is 18.1 Å². The highest BCUT2D eigenvalue weighted by Gasteiger charge is 2.14. The molecule has 28 heavy (non-hydrogen) atoms. The molecule has 2 heterocycles. The molecule has 0 N–H and O–H groups in total. The number of hydrogen-bond donors (Lipinski definition) is 0. The van der Waals surface area contributed by atoms with E-state index in [-0.39, 0.29) is 36.7 Å². The van der Waals surface area contributed by atoms with Gasteiger partial charge in [0.05, 0.1) is 18.2 Å². The topological polar surface area (TPSA) is 65.5 Å². The van der Waals surface area contributed by atoms with Crippen LogP contribution in [0.25, 0.3) is 22.3 Å². The number of furan rings is 1. The molecule has 0 bridgehead atoms. The summed E-state index contributed by atoms with van der Waals surface area (Å²) in [4.78, 5) is 16.0. The molecule has 0 spiro atoms. The standard InChI is InChI=1S/C21H15F2NO4/c22-14-5-6-16(17(23)10-14)19-11-24-20(28-19)7-8-21(25)26-12-15-9-13-3-1-2-4-18(13)27-15/h1-6,9-11H,7-8,12H2. The lowest BCUT2D eigenvalue weighted by atomic mass is 10.2. The monoisotopic (exact) mass is 383 g/mol. The Labute approximate surface area is 158 Å². The van der Waals surface area contributed by atoms with Gasteiger partial charge in [-0.15, -0.1) is 0 Å². The third kappa shape index (κ3) is 3.93. The van der Waals surface area contributed by atoms with Crippen LogP contribution in [-0.2, 0) is 22.6 Å². The number of esters is 1. The van der Waals surface area contributed by atoms with Gasteiger partial charge in [-0.1, -0.05) is 18.2 Å². The maximum atomic E-state index is 13.8. The predicted molar refractivity (Wildman–Crippen MR) is 96.2 cm³/mol. The van der Waals surface area contributed by atoms with E-state index < -0.39 is 17.6 Å². The van der Waals surface area contributed by atoms with E-state index in [1.54, 1.807) is 0 Å². The van der Waals surface area contributed by atoms with Gasteiger partial charge in [0.2, 0.25) is 0 Å². The molecule has 5 nitrogen and oxygen atoms in total. The minimum Gasteiger partial charge on any atom is -0.457 e. The van der Waals surface area contributed by atoms with Crippen molar-refractivity contribution in [1.82, 2.24) is 4.98 Å². The minimum absolute atomic E-state index is 0.0329. The van der Waals surface area contributed by atoms with Gasteiger partial charge in [0, 0.05) is 17.9 Å². The quantitative estimate of drug-likeness (QED) is 0.436. The van der Waals surface area contributed by atoms with Crippen LogP contribution in [0, 0.1) is 11.6 Å². The summed E-state index contributed by atoms with van der Waals surface area (Å²) in [6.45, 7) is 0.0329. The van der Waals surface area contributed by atoms with Gasteiger partial charge in [-0.2, -0.15) is 0 Å². The van der Waals surface area contributed by atoms with Gasteiger partial charge in [-0.05, 0) is 24.3 Å². The Kier molecular flexibility index (Phi) is 4.89. The van der Waals surface area contributed by atoms with Crippen molar-refractivity contribution in [3.8, 4) is 11.3 Å². The van der Waals surface area contributed by atoms with E-state index in [9.17, 15) is 13.6 Å². The average Bonchev–Trinajstić information content (AvgIpc) is 3.31. The molecule has 0 fully saturated rings. The fraction of sp³-hybridized carbons (Fsp3) is 0.143. The molecule has 2 aromatic heterocycles. The average molecular weight is 383 g/mol. The molecule has 0 aliphatic heterocycles. The highest BCUT2D eigenvalue weighted by atomic mass is 19.1. The molecule has 0 atom stereocenters. The van der Waals surface area contributed by atoms with Crippen LogP contribution in [0.4, 0.5) is 8.78 Å². The Bertz CT molecular complexity index is 1100. The first kappa shape index (κ1) is 17.9. The third-order valence-corrected chi connectivity index (χ3v) is 4.15. The zero-order chi connectivity index (χ0) is 19.5. The Balaban J connectivity index is 1.32. The molecule has 4 rings (SSSR count). The number of rotatable bonds is 6. The van der Waals surface area contributed by atoms with Gasteiger partial charge >= 0.3 is 5.97 Å². The maximum absolute atomic E-state index is 13.8. The van der Waals surface area contributed by atoms with Crippen molar-refractivity contribution in [3.63, 3.8) is 0 Å². The molecule has 0 aliphatic carbocycles. The summed E-state index contributed by atoms with van der Waals surface area (Å²) in [6.07, 6.45) is 1.58. The molecule has 0 amide bonds. The Morgan fingerprint density at radius 3 is 2.75 bits per heavy atom. The number of carbonyl (C=O) groups is 1. The smallest absolute Gasteiger partial charge is 0.306 e. The van der Waals surface area contributed by atoms with Crippen LogP contribution in [0.3, 0.4) is 0 Å². The van der Waals surface area contributed by atoms with Crippen LogP contribution >= 0.6 is 0 Å². The Hall–Kier alpha value is -3.48. The maximum Gasteiger partial charge on any atom is 0.306 e. The number of fused-ring (bicyclic) bond motifs is 1. The lowest BCUT2D eigenvalue weighted by Crippen LogP contribution is -2.05.